The summed E-state index contributed by atoms with van der Waals surface area (Å²) >= 11 is 2.00. The van der Waals surface area contributed by atoms with Crippen LogP contribution in [0.2, 0.25) is 19.6 Å². The van der Waals surface area contributed by atoms with Crippen LogP contribution in [0, 0.1) is 16.7 Å². The van der Waals surface area contributed by atoms with E-state index in [2.05, 4.69) is 31.1 Å². The van der Waals surface area contributed by atoms with Crippen LogP contribution in [0.3, 0.4) is 0 Å². The average Bonchev–Trinajstić information content (AvgIpc) is 2.37. The smallest absolute Gasteiger partial charge is 0.342 e. The normalized spacial score (nSPS) is 25.2. The van der Waals surface area contributed by atoms with Crippen molar-refractivity contribution < 1.29 is 14.6 Å². The molecule has 0 aromatic carbocycles. The van der Waals surface area contributed by atoms with Gasteiger partial charge in [0.15, 0.2) is 5.60 Å². The topological polar surface area (TPSA) is 76.1 Å². The maximum atomic E-state index is 12.5. The molecule has 6 nitrogen and oxygen atoms in total. The molecule has 8 heteroatoms. The Balaban J connectivity index is 2.30. The Labute approximate surface area is 144 Å². The van der Waals surface area contributed by atoms with Crippen LogP contribution in [-0.4, -0.2) is 48.1 Å². The number of ether oxygens (including phenoxy) is 1. The van der Waals surface area contributed by atoms with Crippen molar-refractivity contribution in [3.63, 3.8) is 0 Å². The van der Waals surface area contributed by atoms with E-state index in [-0.39, 0.29) is 24.4 Å². The second-order valence-electron chi connectivity index (χ2n) is 6.36. The molecule has 0 bridgehead atoms. The van der Waals surface area contributed by atoms with Gasteiger partial charge < -0.3 is 20.2 Å². The van der Waals surface area contributed by atoms with Crippen LogP contribution in [0.25, 0.3) is 0 Å². The summed E-state index contributed by atoms with van der Waals surface area (Å²) in [5.74, 6) is 2.29. The van der Waals surface area contributed by atoms with E-state index in [0.717, 1.165) is 0 Å². The molecule has 120 valence electrons. The molecule has 0 aromatic heterocycles. The Kier molecular flexibility index (Phi) is 4.63. The summed E-state index contributed by atoms with van der Waals surface area (Å²) in [7, 11) is -1.50. The van der Waals surface area contributed by atoms with Crippen LogP contribution in [0.15, 0.2) is 21.0 Å². The van der Waals surface area contributed by atoms with E-state index < -0.39 is 19.6 Å². The number of aliphatic hydroxyl groups is 1. The molecule has 1 N–H and O–H groups in total. The quantitative estimate of drug-likeness (QED) is 0.223. The molecule has 22 heavy (non-hydrogen) atoms. The lowest BCUT2D eigenvalue weighted by Crippen LogP contribution is -2.50. The van der Waals surface area contributed by atoms with E-state index >= 15 is 0 Å². The zero-order chi connectivity index (χ0) is 16.7. The molecule has 0 saturated heterocycles. The molecule has 2 rings (SSSR count). The van der Waals surface area contributed by atoms with Gasteiger partial charge >= 0.3 is 5.97 Å². The molecule has 2 aliphatic heterocycles. The zero-order valence-corrected chi connectivity index (χ0v) is 16.1. The molecule has 0 fully saturated rings. The number of rotatable bonds is 1. The monoisotopic (exact) mass is 433 g/mol. The summed E-state index contributed by atoms with van der Waals surface area (Å²) < 4.78 is 5.50. The van der Waals surface area contributed by atoms with Crippen LogP contribution < -0.4 is 0 Å². The van der Waals surface area contributed by atoms with E-state index in [1.54, 1.807) is 6.08 Å². The van der Waals surface area contributed by atoms with Crippen molar-refractivity contribution in [3.8, 4) is 11.5 Å². The lowest BCUT2D eigenvalue weighted by Gasteiger charge is -2.49. The number of esters is 1. The first-order valence-electron chi connectivity index (χ1n) is 6.79. The molecule has 0 radical (unpaired) electrons. The van der Waals surface area contributed by atoms with Crippen LogP contribution in [0.4, 0.5) is 0 Å². The van der Waals surface area contributed by atoms with Gasteiger partial charge in [-0.25, -0.2) is 4.79 Å². The molecule has 0 amide bonds. The van der Waals surface area contributed by atoms with Gasteiger partial charge in [0.2, 0.25) is 0 Å². The standard InChI is InChI=1S/C14H18IN2O4Si/c1-14(19)10-8-12(15)16(6-5-7-22(2,3)4)17(20)11(10)9-21-13(14)18/h8,19H,6,9H2,1-4H3/q-1/t14-/m0/s1. The van der Waals surface area contributed by atoms with Crippen molar-refractivity contribution in [1.82, 2.24) is 10.2 Å². The minimum atomic E-state index is -1.80. The first kappa shape index (κ1) is 17.3. The van der Waals surface area contributed by atoms with Gasteiger partial charge in [0.05, 0.1) is 15.9 Å². The number of carbonyl (C=O) groups excluding carboxylic acids is 1. The summed E-state index contributed by atoms with van der Waals surface area (Å²) in [6, 6.07) is 0. The Hall–Kier alpha value is -1.02. The number of cyclic esters (lactones) is 1. The average molecular weight is 433 g/mol. The molecule has 0 spiro atoms. The second-order valence-corrected chi connectivity index (χ2v) is 12.2. The Morgan fingerprint density at radius 3 is 2.77 bits per heavy atom. The summed E-state index contributed by atoms with van der Waals surface area (Å²) in [6.45, 7) is 7.83. The second kappa shape index (κ2) is 5.88. The van der Waals surface area contributed by atoms with Crippen molar-refractivity contribution in [3.05, 3.63) is 26.3 Å². The highest BCUT2D eigenvalue weighted by Crippen LogP contribution is 2.36. The number of halogens is 1. The van der Waals surface area contributed by atoms with E-state index in [4.69, 9.17) is 4.74 Å². The van der Waals surface area contributed by atoms with Crippen molar-refractivity contribution in [2.45, 2.75) is 32.2 Å². The SMILES string of the molecule is C[C@@]1(O)C(=O)OCC2=C1C=C(I)N(CC#C[Si](C)(C)C)N2[O-]. The van der Waals surface area contributed by atoms with Gasteiger partial charge in [0.25, 0.3) is 0 Å². The highest BCUT2D eigenvalue weighted by Gasteiger charge is 2.43. The maximum absolute atomic E-state index is 12.5. The maximum Gasteiger partial charge on any atom is 0.342 e. The van der Waals surface area contributed by atoms with Crippen LogP contribution in [0.5, 0.6) is 0 Å². The van der Waals surface area contributed by atoms with Crippen molar-refractivity contribution >= 4 is 36.6 Å². The molecule has 0 aliphatic carbocycles. The molecule has 1 atom stereocenters. The Morgan fingerprint density at radius 1 is 1.55 bits per heavy atom. The van der Waals surface area contributed by atoms with Gasteiger partial charge in [-0.05, 0) is 35.6 Å². The summed E-state index contributed by atoms with van der Waals surface area (Å²) in [4.78, 5) is 11.7. The Morgan fingerprint density at radius 2 is 2.18 bits per heavy atom. The van der Waals surface area contributed by atoms with Gasteiger partial charge in [-0.2, -0.15) is 0 Å². The van der Waals surface area contributed by atoms with E-state index in [0.29, 0.717) is 8.88 Å². The van der Waals surface area contributed by atoms with E-state index in [1.807, 2.05) is 22.6 Å². The molecule has 0 aromatic rings. The molecule has 0 saturated carbocycles. The lowest BCUT2D eigenvalue weighted by atomic mass is 9.91. The fourth-order valence-corrected chi connectivity index (χ4v) is 3.36. The third-order valence-electron chi connectivity index (χ3n) is 3.23. The van der Waals surface area contributed by atoms with Crippen molar-refractivity contribution in [2.75, 3.05) is 13.2 Å². The molecular weight excluding hydrogens is 415 g/mol. The predicted molar refractivity (Wildman–Crippen MR) is 93.7 cm³/mol. The molecular formula is C14H18IN2O4Si-. The largest absolute Gasteiger partial charge is 0.739 e. The Bertz CT molecular complexity index is 625. The minimum Gasteiger partial charge on any atom is -0.739 e. The van der Waals surface area contributed by atoms with Gasteiger partial charge in [-0.3, -0.25) is 5.01 Å². The summed E-state index contributed by atoms with van der Waals surface area (Å²) in [5.41, 5.74) is 1.93. The third-order valence-corrected chi connectivity index (χ3v) is 5.02. The highest BCUT2D eigenvalue weighted by molar-refractivity contribution is 14.1. The summed E-state index contributed by atoms with van der Waals surface area (Å²) in [6.07, 6.45) is 1.64. The number of nitrogens with zero attached hydrogens (tertiary/aromatic N) is 2. The van der Waals surface area contributed by atoms with Crippen LogP contribution in [0.1, 0.15) is 6.92 Å². The number of hydrogen-bond acceptors (Lipinski definition) is 6. The fraction of sp³-hybridized carbons (Fsp3) is 0.500. The van der Waals surface area contributed by atoms with Gasteiger partial charge in [-0.15, -0.1) is 5.54 Å². The number of hydrogen-bond donors (Lipinski definition) is 1. The van der Waals surface area contributed by atoms with Crippen LogP contribution >= 0.6 is 22.6 Å². The first-order chi connectivity index (χ1) is 10.0. The minimum absolute atomic E-state index is 0.147. The van der Waals surface area contributed by atoms with Gasteiger partial charge in [0.1, 0.15) is 14.7 Å². The molecule has 2 aliphatic rings. The van der Waals surface area contributed by atoms with Gasteiger partial charge in [-0.1, -0.05) is 25.6 Å². The predicted octanol–water partition coefficient (Wildman–Crippen LogP) is 1.74. The van der Waals surface area contributed by atoms with Crippen LogP contribution in [-0.2, 0) is 9.53 Å². The summed E-state index contributed by atoms with van der Waals surface area (Å²) in [5, 5.41) is 24.9. The first-order valence-corrected chi connectivity index (χ1v) is 11.4. The third kappa shape index (κ3) is 3.32. The lowest BCUT2D eigenvalue weighted by molar-refractivity contribution is -0.162. The molecule has 0 unspecified atom stereocenters. The number of carbonyl (C=O) groups is 1. The van der Waals surface area contributed by atoms with Crippen molar-refractivity contribution in [2.24, 2.45) is 0 Å². The number of hydroxylamine groups is 1. The fourth-order valence-electron chi connectivity index (χ4n) is 2.07. The zero-order valence-electron chi connectivity index (χ0n) is 12.9. The van der Waals surface area contributed by atoms with Crippen molar-refractivity contribution in [1.29, 1.82) is 0 Å². The highest BCUT2D eigenvalue weighted by atomic mass is 127. The molecule has 2 heterocycles. The van der Waals surface area contributed by atoms with E-state index in [9.17, 15) is 15.1 Å². The van der Waals surface area contributed by atoms with Gasteiger partial charge in [0, 0.05) is 5.57 Å². The number of hydrazine groups is 1. The van der Waals surface area contributed by atoms with E-state index in [1.165, 1.54) is 11.9 Å².